The van der Waals surface area contributed by atoms with Gasteiger partial charge in [0.2, 0.25) is 5.91 Å². The second kappa shape index (κ2) is 8.47. The molecule has 2 rings (SSSR count). The predicted octanol–water partition coefficient (Wildman–Crippen LogP) is 1.37. The van der Waals surface area contributed by atoms with Crippen LogP contribution in [0.1, 0.15) is 23.5 Å². The normalized spacial score (nSPS) is 14.7. The number of nitrogens with one attached hydrogen (secondary N) is 2. The van der Waals surface area contributed by atoms with Gasteiger partial charge in [-0.25, -0.2) is 18.9 Å². The highest BCUT2D eigenvalue weighted by Crippen LogP contribution is 2.37. The molecule has 9 nitrogen and oxygen atoms in total. The Labute approximate surface area is 154 Å². The van der Waals surface area contributed by atoms with Gasteiger partial charge in [0.1, 0.15) is 12.4 Å². The smallest absolute Gasteiger partial charge is 0.416 e. The van der Waals surface area contributed by atoms with Crippen LogP contribution in [0.4, 0.5) is 19.7 Å². The van der Waals surface area contributed by atoms with Crippen LogP contribution in [0.3, 0.4) is 0 Å². The number of carbonyl (C=O) groups is 4. The molecule has 1 aliphatic rings. The quantitative estimate of drug-likeness (QED) is 0.762. The molecule has 0 heterocycles. The van der Waals surface area contributed by atoms with Crippen molar-refractivity contribution in [3.63, 3.8) is 0 Å². The summed E-state index contributed by atoms with van der Waals surface area (Å²) in [6.45, 7) is -0.605. The minimum absolute atomic E-state index is 0.0133. The number of nitrogens with zero attached hydrogens (tertiary/aromatic N) is 1. The van der Waals surface area contributed by atoms with E-state index in [2.05, 4.69) is 20.1 Å². The van der Waals surface area contributed by atoms with Crippen LogP contribution in [0.2, 0.25) is 0 Å². The van der Waals surface area contributed by atoms with Gasteiger partial charge in [-0.15, -0.1) is 0 Å². The molecule has 1 aromatic carbocycles. The topological polar surface area (TPSA) is 114 Å². The third kappa shape index (κ3) is 4.33. The highest BCUT2D eigenvalue weighted by Gasteiger charge is 2.36. The van der Waals surface area contributed by atoms with Crippen LogP contribution in [0.15, 0.2) is 12.1 Å². The predicted molar refractivity (Wildman–Crippen MR) is 91.7 cm³/mol. The lowest BCUT2D eigenvalue weighted by molar-refractivity contribution is -0.146. The van der Waals surface area contributed by atoms with E-state index in [9.17, 15) is 23.6 Å². The molecule has 0 bridgehead atoms. The zero-order valence-electron chi connectivity index (χ0n) is 15.1. The molecule has 146 valence electrons. The van der Waals surface area contributed by atoms with E-state index >= 15 is 0 Å². The van der Waals surface area contributed by atoms with E-state index < -0.39 is 42.3 Å². The number of benzene rings is 1. The molecule has 0 saturated heterocycles. The molecule has 0 radical (unpaired) electrons. The van der Waals surface area contributed by atoms with Crippen LogP contribution in [0.5, 0.6) is 0 Å². The van der Waals surface area contributed by atoms with Gasteiger partial charge in [-0.2, -0.15) is 0 Å². The van der Waals surface area contributed by atoms with E-state index in [4.69, 9.17) is 0 Å². The van der Waals surface area contributed by atoms with Gasteiger partial charge in [0.05, 0.1) is 25.8 Å². The van der Waals surface area contributed by atoms with Crippen LogP contribution < -0.4 is 10.6 Å². The summed E-state index contributed by atoms with van der Waals surface area (Å²) < 4.78 is 23.4. The van der Waals surface area contributed by atoms with Gasteiger partial charge in [0, 0.05) is 7.05 Å². The Kier molecular flexibility index (Phi) is 6.32. The average molecular weight is 381 g/mol. The monoisotopic (exact) mass is 381 g/mol. The molecule has 1 aliphatic carbocycles. The molecule has 0 fully saturated rings. The number of aryl methyl sites for hydroxylation is 1. The van der Waals surface area contributed by atoms with Crippen LogP contribution in [0, 0.1) is 5.82 Å². The Balaban J connectivity index is 2.30. The molecular formula is C17H20FN3O6. The first-order chi connectivity index (χ1) is 12.8. The molecule has 0 aromatic heterocycles. The summed E-state index contributed by atoms with van der Waals surface area (Å²) in [5, 5.41) is 4.68. The maximum Gasteiger partial charge on any atom is 0.416 e. The van der Waals surface area contributed by atoms with E-state index in [1.54, 1.807) is 0 Å². The SMILES string of the molecule is CNC(=O)Nc1cc2c(cc1F)[C@@H](C(=O)N(CC(=O)OC)C(=O)OC)CC2. The molecule has 27 heavy (non-hydrogen) atoms. The number of carbonyl (C=O) groups excluding carboxylic acids is 4. The Hall–Kier alpha value is -3.17. The molecule has 0 saturated carbocycles. The van der Waals surface area contributed by atoms with Crippen LogP contribution >= 0.6 is 0 Å². The zero-order chi connectivity index (χ0) is 20.1. The Morgan fingerprint density at radius 3 is 2.52 bits per heavy atom. The molecule has 0 spiro atoms. The first-order valence-electron chi connectivity index (χ1n) is 8.09. The molecule has 4 amide bonds. The van der Waals surface area contributed by atoms with Crippen molar-refractivity contribution >= 4 is 29.7 Å². The molecule has 2 N–H and O–H groups in total. The molecule has 0 aliphatic heterocycles. The Morgan fingerprint density at radius 1 is 1.22 bits per heavy atom. The first-order valence-corrected chi connectivity index (χ1v) is 8.09. The number of fused-ring (bicyclic) bond motifs is 1. The maximum absolute atomic E-state index is 14.3. The third-order valence-corrected chi connectivity index (χ3v) is 4.26. The number of rotatable bonds is 4. The second-order valence-corrected chi connectivity index (χ2v) is 5.80. The summed E-state index contributed by atoms with van der Waals surface area (Å²) in [6, 6.07) is 2.04. The Bertz CT molecular complexity index is 782. The van der Waals surface area contributed by atoms with E-state index in [1.807, 2.05) is 0 Å². The molecular weight excluding hydrogens is 361 g/mol. The number of amides is 4. The average Bonchev–Trinajstić information content (AvgIpc) is 3.07. The van der Waals surface area contributed by atoms with E-state index in [0.717, 1.165) is 20.3 Å². The number of hydrogen-bond donors (Lipinski definition) is 2. The van der Waals surface area contributed by atoms with E-state index in [0.29, 0.717) is 28.9 Å². The number of urea groups is 1. The van der Waals surface area contributed by atoms with E-state index in [-0.39, 0.29) is 5.69 Å². The lowest BCUT2D eigenvalue weighted by Gasteiger charge is -2.22. The first kappa shape index (κ1) is 20.1. The highest BCUT2D eigenvalue weighted by molar-refractivity contribution is 5.99. The van der Waals surface area contributed by atoms with Crippen molar-refractivity contribution < 1.29 is 33.0 Å². The zero-order valence-corrected chi connectivity index (χ0v) is 15.1. The van der Waals surface area contributed by atoms with Gasteiger partial charge in [0.25, 0.3) is 0 Å². The standard InChI is InChI=1S/C17H20FN3O6/c1-19-16(24)20-13-6-9-4-5-10(11(9)7-12(13)18)15(23)21(17(25)27-3)8-14(22)26-2/h6-7,10H,4-5,8H2,1-3H3,(H2,19,20,24)/t10-/m0/s1. The van der Waals surface area contributed by atoms with Crippen molar-refractivity contribution in [1.29, 1.82) is 0 Å². The Morgan fingerprint density at radius 2 is 1.93 bits per heavy atom. The van der Waals surface area contributed by atoms with Gasteiger partial charge in [-0.3, -0.25) is 9.59 Å². The fourth-order valence-corrected chi connectivity index (χ4v) is 2.89. The number of halogens is 1. The van der Waals surface area contributed by atoms with Crippen LogP contribution in [-0.4, -0.2) is 56.7 Å². The number of methoxy groups -OCH3 is 2. The van der Waals surface area contributed by atoms with Crippen LogP contribution in [0.25, 0.3) is 0 Å². The van der Waals surface area contributed by atoms with Gasteiger partial charge in [-0.05, 0) is 36.1 Å². The number of imide groups is 1. The van der Waals surface area contributed by atoms with Gasteiger partial charge in [-0.1, -0.05) is 0 Å². The second-order valence-electron chi connectivity index (χ2n) is 5.80. The molecule has 1 atom stereocenters. The fourth-order valence-electron chi connectivity index (χ4n) is 2.89. The van der Waals surface area contributed by atoms with Crippen molar-refractivity contribution in [3.8, 4) is 0 Å². The summed E-state index contributed by atoms with van der Waals surface area (Å²) >= 11 is 0. The van der Waals surface area contributed by atoms with Crippen molar-refractivity contribution in [2.75, 3.05) is 33.1 Å². The minimum atomic E-state index is -1.00. The highest BCUT2D eigenvalue weighted by atomic mass is 19.1. The summed E-state index contributed by atoms with van der Waals surface area (Å²) in [7, 11) is 3.61. The number of ether oxygens (including phenoxy) is 2. The fraction of sp³-hybridized carbons (Fsp3) is 0.412. The summed E-state index contributed by atoms with van der Waals surface area (Å²) in [4.78, 5) is 48.2. The lowest BCUT2D eigenvalue weighted by atomic mass is 9.99. The molecule has 10 heteroatoms. The molecule has 0 unspecified atom stereocenters. The van der Waals surface area contributed by atoms with Gasteiger partial charge >= 0.3 is 18.1 Å². The van der Waals surface area contributed by atoms with Crippen molar-refractivity contribution in [2.24, 2.45) is 0 Å². The number of hydrogen-bond acceptors (Lipinski definition) is 6. The lowest BCUT2D eigenvalue weighted by Crippen LogP contribution is -2.43. The third-order valence-electron chi connectivity index (χ3n) is 4.26. The van der Waals surface area contributed by atoms with Crippen LogP contribution in [-0.2, 0) is 25.5 Å². The summed E-state index contributed by atoms with van der Waals surface area (Å²) in [5.74, 6) is -3.00. The number of anilines is 1. The van der Waals surface area contributed by atoms with Gasteiger partial charge in [0.15, 0.2) is 0 Å². The molecule has 1 aromatic rings. The van der Waals surface area contributed by atoms with Crippen molar-refractivity contribution in [3.05, 3.63) is 29.1 Å². The maximum atomic E-state index is 14.3. The number of esters is 1. The summed E-state index contributed by atoms with van der Waals surface area (Å²) in [6.07, 6.45) is -0.231. The van der Waals surface area contributed by atoms with Crippen molar-refractivity contribution in [1.82, 2.24) is 10.2 Å². The van der Waals surface area contributed by atoms with Crippen molar-refractivity contribution in [2.45, 2.75) is 18.8 Å². The van der Waals surface area contributed by atoms with E-state index in [1.165, 1.54) is 13.1 Å². The minimum Gasteiger partial charge on any atom is -0.468 e. The summed E-state index contributed by atoms with van der Waals surface area (Å²) in [5.41, 5.74) is 1.06. The largest absolute Gasteiger partial charge is 0.468 e. The van der Waals surface area contributed by atoms with Gasteiger partial charge < -0.3 is 20.1 Å².